The Balaban J connectivity index is 2.05. The second-order valence-electron chi connectivity index (χ2n) is 3.92. The van der Waals surface area contributed by atoms with Gasteiger partial charge in [-0.05, 0) is 12.1 Å². The molecule has 3 aliphatic rings. The monoisotopic (exact) mass is 229 g/mol. The Morgan fingerprint density at radius 2 is 1.35 bits per heavy atom. The van der Waals surface area contributed by atoms with E-state index in [1.165, 1.54) is 4.90 Å². The van der Waals surface area contributed by atoms with Crippen molar-refractivity contribution in [3.8, 4) is 0 Å². The quantitative estimate of drug-likeness (QED) is 0.737. The van der Waals surface area contributed by atoms with Crippen LogP contribution in [0, 0.1) is 0 Å². The van der Waals surface area contributed by atoms with Crippen molar-refractivity contribution in [2.24, 2.45) is 0 Å². The first kappa shape index (κ1) is 9.89. The fourth-order valence-electron chi connectivity index (χ4n) is 1.98. The minimum absolute atomic E-state index is 0.294. The minimum Gasteiger partial charge on any atom is -0.297 e. The molecule has 0 saturated carbocycles. The Morgan fingerprint density at radius 3 is 1.82 bits per heavy atom. The zero-order valence-corrected chi connectivity index (χ0v) is 9.11. The lowest BCUT2D eigenvalue weighted by atomic mass is 10.3. The first-order chi connectivity index (χ1) is 8.27. The highest BCUT2D eigenvalue weighted by Crippen LogP contribution is 2.22. The van der Waals surface area contributed by atoms with Crippen LogP contribution in [0.2, 0.25) is 0 Å². The highest BCUT2D eigenvalue weighted by molar-refractivity contribution is 6.15. The fraction of sp³-hybridized carbons (Fsp3) is 0.167. The van der Waals surface area contributed by atoms with Crippen molar-refractivity contribution in [3.05, 3.63) is 42.7 Å². The number of rotatable bonds is 1. The molecule has 5 heteroatoms. The molecule has 0 aromatic heterocycles. The Bertz CT molecular complexity index is 472. The molecule has 0 unspecified atom stereocenters. The normalized spacial score (nSPS) is 18.9. The molecule has 0 N–H and O–H groups in total. The molecule has 3 heterocycles. The third-order valence-corrected chi connectivity index (χ3v) is 2.90. The van der Waals surface area contributed by atoms with Gasteiger partial charge in [-0.1, -0.05) is 18.2 Å². The lowest BCUT2D eigenvalue weighted by Crippen LogP contribution is -2.42. The molecule has 3 aliphatic heterocycles. The molecule has 1 aromatic carbocycles. The Kier molecular flexibility index (Phi) is 2.11. The number of para-hydroxylation sites is 1. The second kappa shape index (κ2) is 3.62. The highest BCUT2D eigenvalue weighted by atomic mass is 16.2. The number of urea groups is 2. The van der Waals surface area contributed by atoms with E-state index in [9.17, 15) is 9.59 Å². The maximum Gasteiger partial charge on any atom is 0.336 e. The first-order valence-corrected chi connectivity index (χ1v) is 5.42. The summed E-state index contributed by atoms with van der Waals surface area (Å²) in [5.41, 5.74) is 0.600. The van der Waals surface area contributed by atoms with Crippen molar-refractivity contribution in [1.82, 2.24) is 9.80 Å². The standard InChI is InChI=1S/C12H11N3O2/c16-11-13-6-7-14(9-8-13)12(17)15(11)10-4-2-1-3-5-10/h1-7H,8-9H2. The topological polar surface area (TPSA) is 43.9 Å². The average molecular weight is 229 g/mol. The van der Waals surface area contributed by atoms with Crippen LogP contribution in [0.15, 0.2) is 42.7 Å². The summed E-state index contributed by atoms with van der Waals surface area (Å²) in [6, 6.07) is 8.38. The summed E-state index contributed by atoms with van der Waals surface area (Å²) in [7, 11) is 0. The molecule has 1 saturated heterocycles. The molecule has 86 valence electrons. The number of carbonyl (C=O) groups is 2. The largest absolute Gasteiger partial charge is 0.336 e. The molecule has 17 heavy (non-hydrogen) atoms. The van der Waals surface area contributed by atoms with Crippen LogP contribution in [-0.2, 0) is 0 Å². The van der Waals surface area contributed by atoms with Gasteiger partial charge >= 0.3 is 12.1 Å². The number of hydrogen-bond donors (Lipinski definition) is 0. The summed E-state index contributed by atoms with van der Waals surface area (Å²) >= 11 is 0. The van der Waals surface area contributed by atoms with Gasteiger partial charge in [-0.2, -0.15) is 0 Å². The van der Waals surface area contributed by atoms with Gasteiger partial charge in [-0.25, -0.2) is 14.5 Å². The van der Waals surface area contributed by atoms with Crippen molar-refractivity contribution in [2.45, 2.75) is 0 Å². The van der Waals surface area contributed by atoms with E-state index in [1.807, 2.05) is 6.07 Å². The Hall–Kier alpha value is -2.30. The van der Waals surface area contributed by atoms with E-state index in [1.54, 1.807) is 46.5 Å². The third kappa shape index (κ3) is 1.47. The number of nitrogens with zero attached hydrogens (tertiary/aromatic N) is 3. The predicted octanol–water partition coefficient (Wildman–Crippen LogP) is 1.84. The van der Waals surface area contributed by atoms with Gasteiger partial charge in [-0.15, -0.1) is 0 Å². The van der Waals surface area contributed by atoms with Gasteiger partial charge < -0.3 is 0 Å². The lowest BCUT2D eigenvalue weighted by molar-refractivity contribution is 0.223. The molecule has 4 rings (SSSR count). The van der Waals surface area contributed by atoms with Crippen molar-refractivity contribution in [2.75, 3.05) is 18.0 Å². The van der Waals surface area contributed by atoms with Crippen LogP contribution in [-0.4, -0.2) is 35.0 Å². The zero-order chi connectivity index (χ0) is 11.8. The average Bonchev–Trinajstić information content (AvgIpc) is 2.57. The fourth-order valence-corrected chi connectivity index (χ4v) is 1.98. The van der Waals surface area contributed by atoms with Crippen molar-refractivity contribution < 1.29 is 9.59 Å². The summed E-state index contributed by atoms with van der Waals surface area (Å²) in [6.07, 6.45) is 3.29. The van der Waals surface area contributed by atoms with E-state index in [2.05, 4.69) is 0 Å². The number of anilines is 1. The summed E-state index contributed by atoms with van der Waals surface area (Å²) in [5, 5.41) is 0. The SMILES string of the molecule is O=C1N2C=CN(CC2)C(=O)N1c1ccccc1. The van der Waals surface area contributed by atoms with E-state index in [-0.39, 0.29) is 12.1 Å². The zero-order valence-electron chi connectivity index (χ0n) is 9.11. The molecule has 0 radical (unpaired) electrons. The van der Waals surface area contributed by atoms with Crippen LogP contribution in [0.3, 0.4) is 0 Å². The van der Waals surface area contributed by atoms with Gasteiger partial charge in [0.05, 0.1) is 5.69 Å². The number of imide groups is 1. The van der Waals surface area contributed by atoms with Gasteiger partial charge in [0.25, 0.3) is 0 Å². The van der Waals surface area contributed by atoms with Crippen molar-refractivity contribution in [1.29, 1.82) is 0 Å². The molecule has 4 amide bonds. The number of fused-ring (bicyclic) bond motifs is 3. The molecule has 5 nitrogen and oxygen atoms in total. The second-order valence-corrected chi connectivity index (χ2v) is 3.92. The van der Waals surface area contributed by atoms with E-state index in [0.29, 0.717) is 18.8 Å². The van der Waals surface area contributed by atoms with Gasteiger partial charge in [0, 0.05) is 25.5 Å². The summed E-state index contributed by atoms with van der Waals surface area (Å²) in [5.74, 6) is 0. The van der Waals surface area contributed by atoms with Gasteiger partial charge in [0.1, 0.15) is 0 Å². The maximum absolute atomic E-state index is 12.2. The van der Waals surface area contributed by atoms with Gasteiger partial charge in [-0.3, -0.25) is 9.80 Å². The van der Waals surface area contributed by atoms with E-state index >= 15 is 0 Å². The molecular formula is C12H11N3O2. The summed E-state index contributed by atoms with van der Waals surface area (Å²) in [4.78, 5) is 28.6. The Morgan fingerprint density at radius 1 is 0.824 bits per heavy atom. The maximum atomic E-state index is 12.2. The smallest absolute Gasteiger partial charge is 0.297 e. The number of benzene rings is 1. The van der Waals surface area contributed by atoms with Crippen LogP contribution in [0.1, 0.15) is 0 Å². The van der Waals surface area contributed by atoms with Crippen LogP contribution >= 0.6 is 0 Å². The van der Waals surface area contributed by atoms with Crippen LogP contribution in [0.5, 0.6) is 0 Å². The van der Waals surface area contributed by atoms with Crippen LogP contribution < -0.4 is 4.90 Å². The minimum atomic E-state index is -0.294. The van der Waals surface area contributed by atoms with Crippen molar-refractivity contribution >= 4 is 17.7 Å². The van der Waals surface area contributed by atoms with Crippen LogP contribution in [0.25, 0.3) is 0 Å². The summed E-state index contributed by atoms with van der Waals surface area (Å²) < 4.78 is 0. The molecular weight excluding hydrogens is 218 g/mol. The van der Waals surface area contributed by atoms with Gasteiger partial charge in [0.15, 0.2) is 0 Å². The van der Waals surface area contributed by atoms with E-state index < -0.39 is 0 Å². The number of hydrogen-bond acceptors (Lipinski definition) is 2. The van der Waals surface area contributed by atoms with Crippen molar-refractivity contribution in [3.63, 3.8) is 0 Å². The summed E-state index contributed by atoms with van der Waals surface area (Å²) in [6.45, 7) is 1.09. The van der Waals surface area contributed by atoms with E-state index in [4.69, 9.17) is 0 Å². The van der Waals surface area contributed by atoms with E-state index in [0.717, 1.165) is 0 Å². The molecule has 2 bridgehead atoms. The molecule has 1 aromatic rings. The van der Waals surface area contributed by atoms with Gasteiger partial charge in [0.2, 0.25) is 0 Å². The number of amides is 4. The molecule has 0 spiro atoms. The molecule has 0 aliphatic carbocycles. The number of carbonyl (C=O) groups excluding carboxylic acids is 2. The lowest BCUT2D eigenvalue weighted by Gasteiger charge is -2.21. The van der Waals surface area contributed by atoms with Crippen LogP contribution in [0.4, 0.5) is 15.3 Å². The Labute approximate surface area is 98.5 Å². The molecule has 0 atom stereocenters. The molecule has 1 fully saturated rings. The third-order valence-electron chi connectivity index (χ3n) is 2.90. The first-order valence-electron chi connectivity index (χ1n) is 5.42. The predicted molar refractivity (Wildman–Crippen MR) is 62.3 cm³/mol. The highest BCUT2D eigenvalue weighted by Gasteiger charge is 2.36.